The Kier molecular flexibility index (Phi) is 8.22. The lowest BCUT2D eigenvalue weighted by molar-refractivity contribution is -0.117. The average molecular weight is 532 g/mol. The summed E-state index contributed by atoms with van der Waals surface area (Å²) in [7, 11) is 1.50. The summed E-state index contributed by atoms with van der Waals surface area (Å²) in [5.41, 5.74) is 2.81. The molecule has 0 aromatic heterocycles. The number of nitrogens with zero attached hydrogens (tertiary/aromatic N) is 2. The summed E-state index contributed by atoms with van der Waals surface area (Å²) >= 11 is 7.57. The maximum absolute atomic E-state index is 13.7. The Morgan fingerprint density at radius 3 is 2.43 bits per heavy atom. The summed E-state index contributed by atoms with van der Waals surface area (Å²) in [4.78, 5) is 28.5. The number of hydrogen-bond donors (Lipinski definition) is 1. The minimum absolute atomic E-state index is 0.154. The first kappa shape index (κ1) is 26.3. The van der Waals surface area contributed by atoms with Gasteiger partial charge < -0.3 is 10.1 Å². The van der Waals surface area contributed by atoms with Gasteiger partial charge in [0.15, 0.2) is 0 Å². The molecule has 0 spiro atoms. The normalized spacial score (nSPS) is 16.5. The molecule has 3 aromatic carbocycles. The number of thioether (sulfide) groups is 1. The maximum Gasteiger partial charge on any atom is 0.269 e. The molecule has 6 nitrogen and oxygen atoms in total. The van der Waals surface area contributed by atoms with Gasteiger partial charge in [0, 0.05) is 10.7 Å². The fourth-order valence-corrected chi connectivity index (χ4v) is 5.54. The van der Waals surface area contributed by atoms with Gasteiger partial charge in [-0.25, -0.2) is 0 Å². The fourth-order valence-electron chi connectivity index (χ4n) is 4.03. The SMILES string of the molecule is COc1ccccc1NC(=O)/C(C#N)=C1\SC(Cc2ccccc2Cl)C(=O)N1c1ccc(C(C)C)cc1. The van der Waals surface area contributed by atoms with E-state index in [1.807, 2.05) is 48.5 Å². The van der Waals surface area contributed by atoms with E-state index in [1.54, 1.807) is 30.3 Å². The summed E-state index contributed by atoms with van der Waals surface area (Å²) in [6.07, 6.45) is 0.361. The third-order valence-electron chi connectivity index (χ3n) is 6.04. The highest BCUT2D eigenvalue weighted by Gasteiger charge is 2.41. The minimum Gasteiger partial charge on any atom is -0.495 e. The molecular formula is C29H26ClN3O3S. The van der Waals surface area contributed by atoms with E-state index in [0.717, 1.165) is 11.1 Å². The molecule has 8 heteroatoms. The first-order valence-electron chi connectivity index (χ1n) is 11.8. The van der Waals surface area contributed by atoms with Crippen LogP contribution in [0.2, 0.25) is 5.02 Å². The van der Waals surface area contributed by atoms with Crippen LogP contribution in [0.3, 0.4) is 0 Å². The molecule has 4 rings (SSSR count). The number of ether oxygens (including phenoxy) is 1. The van der Waals surface area contributed by atoms with Crippen LogP contribution >= 0.6 is 23.4 Å². The van der Waals surface area contributed by atoms with Crippen molar-refractivity contribution < 1.29 is 14.3 Å². The number of carbonyl (C=O) groups excluding carboxylic acids is 2. The summed E-state index contributed by atoms with van der Waals surface area (Å²) in [6.45, 7) is 4.18. The molecule has 0 radical (unpaired) electrons. The first-order valence-corrected chi connectivity index (χ1v) is 13.0. The number of benzene rings is 3. The molecule has 0 saturated carbocycles. The Morgan fingerprint density at radius 2 is 1.78 bits per heavy atom. The topological polar surface area (TPSA) is 82.4 Å². The monoisotopic (exact) mass is 531 g/mol. The zero-order chi connectivity index (χ0) is 26.5. The third-order valence-corrected chi connectivity index (χ3v) is 7.67. The zero-order valence-electron chi connectivity index (χ0n) is 20.7. The highest BCUT2D eigenvalue weighted by atomic mass is 35.5. The van der Waals surface area contributed by atoms with Gasteiger partial charge in [-0.15, -0.1) is 0 Å². The van der Waals surface area contributed by atoms with E-state index >= 15 is 0 Å². The smallest absolute Gasteiger partial charge is 0.269 e. The summed E-state index contributed by atoms with van der Waals surface area (Å²) in [5, 5.41) is 13.1. The number of rotatable bonds is 7. The van der Waals surface area contributed by atoms with Gasteiger partial charge in [-0.1, -0.05) is 79.7 Å². The van der Waals surface area contributed by atoms with E-state index in [4.69, 9.17) is 16.3 Å². The average Bonchev–Trinajstić information content (AvgIpc) is 3.21. The van der Waals surface area contributed by atoms with Crippen molar-refractivity contribution in [1.82, 2.24) is 0 Å². The minimum atomic E-state index is -0.621. The Hall–Kier alpha value is -3.73. The number of amides is 2. The number of carbonyl (C=O) groups is 2. The van der Waals surface area contributed by atoms with E-state index in [2.05, 4.69) is 19.2 Å². The van der Waals surface area contributed by atoms with Crippen LogP contribution in [-0.4, -0.2) is 24.2 Å². The molecule has 3 aromatic rings. The molecule has 1 aliphatic rings. The Morgan fingerprint density at radius 1 is 1.11 bits per heavy atom. The number of nitriles is 1. The molecule has 1 heterocycles. The standard InChI is InChI=1S/C29H26ClN3O3S/c1-18(2)19-12-14-21(15-13-19)33-28(35)26(16-20-8-4-5-9-23(20)30)37-29(33)22(17-31)27(34)32-24-10-6-7-11-25(24)36-3/h4-15,18,26H,16H2,1-3H3,(H,32,34)/b29-22-. The molecule has 2 amide bonds. The number of nitrogens with one attached hydrogen (secondary N) is 1. The fraction of sp³-hybridized carbons (Fsp3) is 0.207. The van der Waals surface area contributed by atoms with Gasteiger partial charge in [0.25, 0.3) is 5.91 Å². The first-order chi connectivity index (χ1) is 17.8. The molecule has 1 fully saturated rings. The van der Waals surface area contributed by atoms with Gasteiger partial charge in [0.1, 0.15) is 22.4 Å². The summed E-state index contributed by atoms with van der Waals surface area (Å²) in [5.74, 6) is -0.0486. The van der Waals surface area contributed by atoms with Gasteiger partial charge in [-0.3, -0.25) is 14.5 Å². The second-order valence-electron chi connectivity index (χ2n) is 8.77. The van der Waals surface area contributed by atoms with Crippen molar-refractivity contribution in [2.24, 2.45) is 0 Å². The van der Waals surface area contributed by atoms with Crippen molar-refractivity contribution >= 4 is 46.6 Å². The van der Waals surface area contributed by atoms with Crippen molar-refractivity contribution in [2.45, 2.75) is 31.4 Å². The number of halogens is 1. The molecule has 1 saturated heterocycles. The van der Waals surface area contributed by atoms with Crippen LogP contribution in [0.15, 0.2) is 83.4 Å². The van der Waals surface area contributed by atoms with E-state index in [1.165, 1.54) is 23.8 Å². The third kappa shape index (κ3) is 5.66. The molecule has 1 aliphatic heterocycles. The van der Waals surface area contributed by atoms with E-state index in [9.17, 15) is 14.9 Å². The van der Waals surface area contributed by atoms with Gasteiger partial charge in [-0.05, 0) is 53.8 Å². The zero-order valence-corrected chi connectivity index (χ0v) is 22.3. The van der Waals surface area contributed by atoms with Crippen molar-refractivity contribution in [2.75, 3.05) is 17.3 Å². The Balaban J connectivity index is 1.75. The van der Waals surface area contributed by atoms with Crippen LogP contribution in [0.5, 0.6) is 5.75 Å². The molecule has 1 atom stereocenters. The number of hydrogen-bond acceptors (Lipinski definition) is 5. The van der Waals surface area contributed by atoms with Gasteiger partial charge in [0.05, 0.1) is 18.0 Å². The quantitative estimate of drug-likeness (QED) is 0.276. The van der Waals surface area contributed by atoms with Crippen LogP contribution in [0, 0.1) is 11.3 Å². The molecule has 0 aliphatic carbocycles. The maximum atomic E-state index is 13.7. The molecule has 188 valence electrons. The lowest BCUT2D eigenvalue weighted by atomic mass is 10.0. The predicted octanol–water partition coefficient (Wildman–Crippen LogP) is 6.54. The van der Waals surface area contributed by atoms with Gasteiger partial charge in [-0.2, -0.15) is 5.26 Å². The van der Waals surface area contributed by atoms with Crippen molar-refractivity contribution in [1.29, 1.82) is 5.26 Å². The Labute approximate surface area is 225 Å². The second kappa shape index (κ2) is 11.5. The van der Waals surface area contributed by atoms with E-state index in [0.29, 0.717) is 34.5 Å². The largest absolute Gasteiger partial charge is 0.495 e. The highest BCUT2D eigenvalue weighted by Crippen LogP contribution is 2.43. The van der Waals surface area contributed by atoms with Crippen LogP contribution in [0.1, 0.15) is 30.9 Å². The molecule has 37 heavy (non-hydrogen) atoms. The van der Waals surface area contributed by atoms with Crippen LogP contribution in [-0.2, 0) is 16.0 Å². The van der Waals surface area contributed by atoms with Crippen LogP contribution in [0.25, 0.3) is 0 Å². The van der Waals surface area contributed by atoms with E-state index < -0.39 is 11.2 Å². The number of methoxy groups -OCH3 is 1. The number of para-hydroxylation sites is 2. The lowest BCUT2D eigenvalue weighted by Gasteiger charge is -2.20. The molecule has 1 unspecified atom stereocenters. The predicted molar refractivity (Wildman–Crippen MR) is 149 cm³/mol. The molecule has 0 bridgehead atoms. The van der Waals surface area contributed by atoms with E-state index in [-0.39, 0.29) is 16.5 Å². The van der Waals surface area contributed by atoms with Crippen molar-refractivity contribution in [3.8, 4) is 11.8 Å². The van der Waals surface area contributed by atoms with Crippen LogP contribution in [0.4, 0.5) is 11.4 Å². The van der Waals surface area contributed by atoms with Crippen molar-refractivity contribution in [3.05, 3.63) is 99.5 Å². The summed E-state index contributed by atoms with van der Waals surface area (Å²) in [6, 6.07) is 23.9. The van der Waals surface area contributed by atoms with Crippen LogP contribution < -0.4 is 15.0 Å². The highest BCUT2D eigenvalue weighted by molar-refractivity contribution is 8.05. The molecule has 1 N–H and O–H groups in total. The van der Waals surface area contributed by atoms with Gasteiger partial charge in [0.2, 0.25) is 5.91 Å². The van der Waals surface area contributed by atoms with Crippen molar-refractivity contribution in [3.63, 3.8) is 0 Å². The Bertz CT molecular complexity index is 1400. The second-order valence-corrected chi connectivity index (χ2v) is 10.4. The number of anilines is 2. The molecular weight excluding hydrogens is 506 g/mol. The summed E-state index contributed by atoms with van der Waals surface area (Å²) < 4.78 is 5.32. The van der Waals surface area contributed by atoms with Gasteiger partial charge >= 0.3 is 0 Å². The lowest BCUT2D eigenvalue weighted by Crippen LogP contribution is -2.31.